The Hall–Kier alpha value is -2.36. The van der Waals surface area contributed by atoms with E-state index in [1.807, 2.05) is 6.07 Å². The molecule has 2 rings (SSSR count). The lowest BCUT2D eigenvalue weighted by molar-refractivity contribution is -0.142. The summed E-state index contributed by atoms with van der Waals surface area (Å²) in [4.78, 5) is 13.4. The minimum atomic E-state index is -1.11. The van der Waals surface area contributed by atoms with Gasteiger partial charge in [-0.15, -0.1) is 0 Å². The molecule has 0 aliphatic rings. The number of carbonyl (C=O) groups is 1. The molecule has 0 aliphatic carbocycles. The number of benzene rings is 2. The second kappa shape index (κ2) is 5.95. The van der Waals surface area contributed by atoms with Gasteiger partial charge in [0, 0.05) is 13.6 Å². The molecule has 0 saturated carbocycles. The van der Waals surface area contributed by atoms with E-state index in [0.29, 0.717) is 11.3 Å². The number of rotatable bonds is 5. The van der Waals surface area contributed by atoms with Crippen molar-refractivity contribution in [2.24, 2.45) is 0 Å². The normalized spacial score (nSPS) is 13.5. The average Bonchev–Trinajstić information content (AvgIpc) is 2.48. The van der Waals surface area contributed by atoms with E-state index in [9.17, 15) is 14.3 Å². The molecule has 2 aromatic rings. The topological polar surface area (TPSA) is 40.5 Å². The molecule has 0 aromatic heterocycles. The second-order valence-corrected chi connectivity index (χ2v) is 5.31. The molecule has 0 bridgehead atoms. The van der Waals surface area contributed by atoms with E-state index in [4.69, 9.17) is 0 Å². The number of hydrogen-bond donors (Lipinski definition) is 1. The molecule has 0 fully saturated rings. The first kappa shape index (κ1) is 15.0. The molecule has 2 aromatic carbocycles. The standard InChI is InChI=1S/C17H18FNO2/c1-17(16(20)21,13-8-4-3-5-9-13)12-19(2)15-11-7-6-10-14(15)18/h3-11H,12H2,1-2H3,(H,20,21). The van der Waals surface area contributed by atoms with Gasteiger partial charge in [0.15, 0.2) is 0 Å². The Morgan fingerprint density at radius 1 is 1.14 bits per heavy atom. The summed E-state index contributed by atoms with van der Waals surface area (Å²) in [6.07, 6.45) is 0. The molecule has 0 aliphatic heterocycles. The Balaban J connectivity index is 2.33. The molecule has 1 unspecified atom stereocenters. The maximum Gasteiger partial charge on any atom is 0.315 e. The second-order valence-electron chi connectivity index (χ2n) is 5.31. The molecule has 0 radical (unpaired) electrons. The van der Waals surface area contributed by atoms with Crippen LogP contribution in [0.3, 0.4) is 0 Å². The maximum atomic E-state index is 13.8. The summed E-state index contributed by atoms with van der Waals surface area (Å²) in [5.41, 5.74) is -0.0280. The smallest absolute Gasteiger partial charge is 0.315 e. The van der Waals surface area contributed by atoms with E-state index in [1.165, 1.54) is 6.07 Å². The van der Waals surface area contributed by atoms with E-state index >= 15 is 0 Å². The first-order valence-electron chi connectivity index (χ1n) is 6.70. The van der Waals surface area contributed by atoms with Crippen molar-refractivity contribution in [2.75, 3.05) is 18.5 Å². The summed E-state index contributed by atoms with van der Waals surface area (Å²) in [7, 11) is 1.70. The van der Waals surface area contributed by atoms with Crippen LogP contribution >= 0.6 is 0 Å². The van der Waals surface area contributed by atoms with Gasteiger partial charge in [-0.1, -0.05) is 42.5 Å². The van der Waals surface area contributed by atoms with Gasteiger partial charge in [0.25, 0.3) is 0 Å². The van der Waals surface area contributed by atoms with Crippen molar-refractivity contribution >= 4 is 11.7 Å². The number of likely N-dealkylation sites (N-methyl/N-ethyl adjacent to an activating group) is 1. The monoisotopic (exact) mass is 287 g/mol. The Labute approximate surface area is 123 Å². The molecule has 0 heterocycles. The largest absolute Gasteiger partial charge is 0.481 e. The average molecular weight is 287 g/mol. The van der Waals surface area contributed by atoms with Crippen LogP contribution in [0, 0.1) is 5.82 Å². The number of hydrogen-bond acceptors (Lipinski definition) is 2. The summed E-state index contributed by atoms with van der Waals surface area (Å²) in [5.74, 6) is -1.29. The van der Waals surface area contributed by atoms with Crippen LogP contribution in [0.25, 0.3) is 0 Å². The Bertz CT molecular complexity index is 630. The predicted octanol–water partition coefficient (Wildman–Crippen LogP) is 3.30. The molecular formula is C17H18FNO2. The van der Waals surface area contributed by atoms with Crippen LogP contribution in [-0.4, -0.2) is 24.7 Å². The number of carboxylic acids is 1. The van der Waals surface area contributed by atoms with E-state index in [-0.39, 0.29) is 12.4 Å². The lowest BCUT2D eigenvalue weighted by atomic mass is 9.82. The van der Waals surface area contributed by atoms with Crippen LogP contribution in [-0.2, 0) is 10.2 Å². The molecule has 1 N–H and O–H groups in total. The summed E-state index contributed by atoms with van der Waals surface area (Å²) >= 11 is 0. The van der Waals surface area contributed by atoms with Gasteiger partial charge < -0.3 is 10.0 Å². The summed E-state index contributed by atoms with van der Waals surface area (Å²) in [6.45, 7) is 1.83. The highest BCUT2D eigenvalue weighted by atomic mass is 19.1. The number of para-hydroxylation sites is 1. The lowest BCUT2D eigenvalue weighted by Gasteiger charge is -2.32. The Kier molecular flexibility index (Phi) is 4.26. The highest BCUT2D eigenvalue weighted by molar-refractivity contribution is 5.82. The van der Waals surface area contributed by atoms with Gasteiger partial charge in [-0.3, -0.25) is 4.79 Å². The number of carboxylic acid groups (broad SMARTS) is 1. The third-order valence-corrected chi connectivity index (χ3v) is 3.70. The Morgan fingerprint density at radius 3 is 2.29 bits per heavy atom. The predicted molar refractivity (Wildman–Crippen MR) is 81.1 cm³/mol. The van der Waals surface area contributed by atoms with Crippen molar-refractivity contribution in [1.82, 2.24) is 0 Å². The number of halogens is 1. The first-order valence-corrected chi connectivity index (χ1v) is 6.70. The number of anilines is 1. The van der Waals surface area contributed by atoms with E-state index in [0.717, 1.165) is 0 Å². The minimum absolute atomic E-state index is 0.174. The van der Waals surface area contributed by atoms with Gasteiger partial charge in [-0.2, -0.15) is 0 Å². The van der Waals surface area contributed by atoms with Gasteiger partial charge in [0.2, 0.25) is 0 Å². The zero-order chi connectivity index (χ0) is 15.5. The fourth-order valence-corrected chi connectivity index (χ4v) is 2.41. The van der Waals surface area contributed by atoms with Crippen molar-refractivity contribution in [3.8, 4) is 0 Å². The Morgan fingerprint density at radius 2 is 1.71 bits per heavy atom. The fourth-order valence-electron chi connectivity index (χ4n) is 2.41. The molecule has 3 nitrogen and oxygen atoms in total. The highest BCUT2D eigenvalue weighted by Gasteiger charge is 2.36. The van der Waals surface area contributed by atoms with Crippen LogP contribution in [0.4, 0.5) is 10.1 Å². The number of nitrogens with zero attached hydrogens (tertiary/aromatic N) is 1. The zero-order valence-corrected chi connectivity index (χ0v) is 12.1. The third-order valence-electron chi connectivity index (χ3n) is 3.70. The zero-order valence-electron chi connectivity index (χ0n) is 12.1. The fraction of sp³-hybridized carbons (Fsp3) is 0.235. The van der Waals surface area contributed by atoms with Gasteiger partial charge in [-0.05, 0) is 24.6 Å². The summed E-state index contributed by atoms with van der Waals surface area (Å²) in [5, 5.41) is 9.63. The third kappa shape index (κ3) is 3.05. The molecular weight excluding hydrogens is 269 g/mol. The van der Waals surface area contributed by atoms with Crippen molar-refractivity contribution in [3.05, 3.63) is 66.0 Å². The van der Waals surface area contributed by atoms with E-state index < -0.39 is 11.4 Å². The van der Waals surface area contributed by atoms with Crippen LogP contribution in [0.15, 0.2) is 54.6 Å². The number of aliphatic carboxylic acids is 1. The van der Waals surface area contributed by atoms with E-state index in [1.54, 1.807) is 61.3 Å². The molecule has 110 valence electrons. The molecule has 0 saturated heterocycles. The highest BCUT2D eigenvalue weighted by Crippen LogP contribution is 2.28. The van der Waals surface area contributed by atoms with Crippen LogP contribution in [0.1, 0.15) is 12.5 Å². The minimum Gasteiger partial charge on any atom is -0.481 e. The van der Waals surface area contributed by atoms with E-state index in [2.05, 4.69) is 0 Å². The molecule has 21 heavy (non-hydrogen) atoms. The summed E-state index contributed by atoms with van der Waals surface area (Å²) in [6, 6.07) is 15.4. The molecule has 0 amide bonds. The van der Waals surface area contributed by atoms with Crippen molar-refractivity contribution in [3.63, 3.8) is 0 Å². The van der Waals surface area contributed by atoms with Crippen LogP contribution in [0.5, 0.6) is 0 Å². The lowest BCUT2D eigenvalue weighted by Crippen LogP contribution is -2.43. The summed E-state index contributed by atoms with van der Waals surface area (Å²) < 4.78 is 13.8. The molecule has 1 atom stereocenters. The van der Waals surface area contributed by atoms with Crippen LogP contribution in [0.2, 0.25) is 0 Å². The molecule has 0 spiro atoms. The quantitative estimate of drug-likeness (QED) is 0.917. The molecule has 4 heteroatoms. The van der Waals surface area contributed by atoms with Gasteiger partial charge in [-0.25, -0.2) is 4.39 Å². The van der Waals surface area contributed by atoms with Crippen molar-refractivity contribution in [1.29, 1.82) is 0 Å². The van der Waals surface area contributed by atoms with Gasteiger partial charge >= 0.3 is 5.97 Å². The van der Waals surface area contributed by atoms with Crippen LogP contribution < -0.4 is 4.90 Å². The van der Waals surface area contributed by atoms with Gasteiger partial charge in [0.05, 0.1) is 5.69 Å². The van der Waals surface area contributed by atoms with Crippen molar-refractivity contribution in [2.45, 2.75) is 12.3 Å². The van der Waals surface area contributed by atoms with Gasteiger partial charge in [0.1, 0.15) is 11.2 Å². The first-order chi connectivity index (χ1) is 9.95. The maximum absolute atomic E-state index is 13.8. The van der Waals surface area contributed by atoms with Crippen molar-refractivity contribution < 1.29 is 14.3 Å². The SMILES string of the molecule is CN(CC(C)(C(=O)O)c1ccccc1)c1ccccc1F.